The summed E-state index contributed by atoms with van der Waals surface area (Å²) in [7, 11) is -3.51. The molecule has 0 aliphatic carbocycles. The van der Waals surface area contributed by atoms with E-state index in [2.05, 4.69) is 0 Å². The van der Waals surface area contributed by atoms with Crippen LogP contribution in [0.1, 0.15) is 11.1 Å². The molecule has 0 spiro atoms. The number of benzene rings is 3. The van der Waals surface area contributed by atoms with Crippen LogP contribution < -0.4 is 0 Å². The Bertz CT molecular complexity index is 960. The largest absolute Gasteiger partial charge is 0.223 e. The smallest absolute Gasteiger partial charge is 0.181 e. The Kier molecular flexibility index (Phi) is 5.28. The molecule has 0 aliphatic rings. The maximum atomic E-state index is 13.2. The normalized spacial score (nSPS) is 11.2. The first-order chi connectivity index (χ1) is 12.5. The van der Waals surface area contributed by atoms with Crippen LogP contribution in [0.25, 0.3) is 5.57 Å². The van der Waals surface area contributed by atoms with Gasteiger partial charge in [0, 0.05) is 0 Å². The van der Waals surface area contributed by atoms with Crippen LogP contribution in [-0.2, 0) is 9.84 Å². The Balaban J connectivity index is 2.01. The molecule has 0 unspecified atom stereocenters. The molecule has 132 valence electrons. The molecule has 3 aromatic rings. The van der Waals surface area contributed by atoms with E-state index in [-0.39, 0.29) is 22.3 Å². The highest BCUT2D eigenvalue weighted by molar-refractivity contribution is 7.91. The van der Waals surface area contributed by atoms with Crippen molar-refractivity contribution >= 4 is 15.4 Å². The van der Waals surface area contributed by atoms with E-state index in [4.69, 9.17) is 0 Å². The third-order valence-corrected chi connectivity index (χ3v) is 5.52. The Morgan fingerprint density at radius 1 is 0.731 bits per heavy atom. The molecule has 0 atom stereocenters. The van der Waals surface area contributed by atoms with Gasteiger partial charge in [0.1, 0.15) is 11.6 Å². The lowest BCUT2D eigenvalue weighted by molar-refractivity contribution is 0.599. The average molecular weight is 370 g/mol. The van der Waals surface area contributed by atoms with Crippen molar-refractivity contribution in [3.05, 3.63) is 108 Å². The summed E-state index contributed by atoms with van der Waals surface area (Å²) in [4.78, 5) is 0.230. The third-order valence-electron chi connectivity index (χ3n) is 3.92. The molecular weight excluding hydrogens is 354 g/mol. The standard InChI is InChI=1S/C21H16F2O2S/c22-18-10-6-16(7-11-18)21(17-8-12-19(23)13-9-17)14-15-26(24,25)20-4-2-1-3-5-20/h1-14H,15H2. The van der Waals surface area contributed by atoms with Gasteiger partial charge < -0.3 is 0 Å². The minimum Gasteiger partial charge on any atom is -0.223 e. The van der Waals surface area contributed by atoms with E-state index in [0.717, 1.165) is 0 Å². The highest BCUT2D eigenvalue weighted by atomic mass is 32.2. The lowest BCUT2D eigenvalue weighted by atomic mass is 9.98. The van der Waals surface area contributed by atoms with Gasteiger partial charge in [-0.3, -0.25) is 0 Å². The minimum atomic E-state index is -3.51. The van der Waals surface area contributed by atoms with Crippen LogP contribution in [0.3, 0.4) is 0 Å². The lowest BCUT2D eigenvalue weighted by Gasteiger charge is -2.10. The molecule has 0 fully saturated rings. The molecular formula is C21H16F2O2S. The molecule has 3 rings (SSSR count). The van der Waals surface area contributed by atoms with E-state index < -0.39 is 9.84 Å². The zero-order valence-corrected chi connectivity index (χ0v) is 14.6. The quantitative estimate of drug-likeness (QED) is 0.642. The molecule has 0 bridgehead atoms. The molecule has 5 heteroatoms. The number of sulfone groups is 1. The summed E-state index contributed by atoms with van der Waals surface area (Å²) < 4.78 is 51.6. The van der Waals surface area contributed by atoms with Crippen LogP contribution in [0.5, 0.6) is 0 Å². The molecule has 0 radical (unpaired) electrons. The van der Waals surface area contributed by atoms with Gasteiger partial charge in [-0.1, -0.05) is 48.5 Å². The fraction of sp³-hybridized carbons (Fsp3) is 0.0476. The monoisotopic (exact) mass is 370 g/mol. The van der Waals surface area contributed by atoms with Gasteiger partial charge in [0.2, 0.25) is 0 Å². The minimum absolute atomic E-state index is 0.221. The molecule has 0 N–H and O–H groups in total. The van der Waals surface area contributed by atoms with Gasteiger partial charge in [-0.25, -0.2) is 17.2 Å². The first-order valence-corrected chi connectivity index (χ1v) is 9.61. The van der Waals surface area contributed by atoms with Crippen molar-refractivity contribution in [3.8, 4) is 0 Å². The van der Waals surface area contributed by atoms with E-state index in [9.17, 15) is 17.2 Å². The van der Waals surface area contributed by atoms with Crippen LogP contribution in [0.4, 0.5) is 8.78 Å². The third kappa shape index (κ3) is 4.24. The van der Waals surface area contributed by atoms with Gasteiger partial charge in [-0.2, -0.15) is 0 Å². The fourth-order valence-electron chi connectivity index (χ4n) is 2.58. The van der Waals surface area contributed by atoms with Crippen molar-refractivity contribution in [1.82, 2.24) is 0 Å². The fourth-order valence-corrected chi connectivity index (χ4v) is 3.73. The Labute approximate surface area is 151 Å². The van der Waals surface area contributed by atoms with E-state index >= 15 is 0 Å². The molecule has 0 amide bonds. The number of rotatable bonds is 5. The molecule has 0 aliphatic heterocycles. The number of hydrogen-bond donors (Lipinski definition) is 0. The summed E-state index contributed by atoms with van der Waals surface area (Å²) in [6.07, 6.45) is 1.57. The van der Waals surface area contributed by atoms with Crippen LogP contribution in [0.15, 0.2) is 89.8 Å². The summed E-state index contributed by atoms with van der Waals surface area (Å²) in [6, 6.07) is 19.6. The predicted octanol–water partition coefficient (Wildman–Crippen LogP) is 4.87. The molecule has 0 saturated heterocycles. The van der Waals surface area contributed by atoms with Gasteiger partial charge in [-0.15, -0.1) is 0 Å². The van der Waals surface area contributed by atoms with Crippen molar-refractivity contribution in [2.75, 3.05) is 5.75 Å². The van der Waals surface area contributed by atoms with Crippen molar-refractivity contribution in [2.45, 2.75) is 4.90 Å². The first kappa shape index (κ1) is 18.0. The van der Waals surface area contributed by atoms with E-state index in [1.54, 1.807) is 60.7 Å². The highest BCUT2D eigenvalue weighted by Gasteiger charge is 2.14. The second kappa shape index (κ2) is 7.62. The van der Waals surface area contributed by atoms with Crippen LogP contribution in [-0.4, -0.2) is 14.2 Å². The summed E-state index contributed by atoms with van der Waals surface area (Å²) in [6.45, 7) is 0. The van der Waals surface area contributed by atoms with Gasteiger partial charge >= 0.3 is 0 Å². The highest BCUT2D eigenvalue weighted by Crippen LogP contribution is 2.25. The maximum absolute atomic E-state index is 13.2. The SMILES string of the molecule is O=S(=O)(CC=C(c1ccc(F)cc1)c1ccc(F)cc1)c1ccccc1. The van der Waals surface area contributed by atoms with Crippen molar-refractivity contribution in [1.29, 1.82) is 0 Å². The van der Waals surface area contributed by atoms with Crippen molar-refractivity contribution in [3.63, 3.8) is 0 Å². The zero-order chi connectivity index (χ0) is 18.6. The first-order valence-electron chi connectivity index (χ1n) is 7.95. The topological polar surface area (TPSA) is 34.1 Å². The number of hydrogen-bond acceptors (Lipinski definition) is 2. The van der Waals surface area contributed by atoms with Gasteiger partial charge in [0.25, 0.3) is 0 Å². The summed E-state index contributed by atoms with van der Waals surface area (Å²) in [5.74, 6) is -0.991. The van der Waals surface area contributed by atoms with Crippen LogP contribution >= 0.6 is 0 Å². The van der Waals surface area contributed by atoms with Gasteiger partial charge in [0.05, 0.1) is 10.6 Å². The van der Waals surface area contributed by atoms with Crippen LogP contribution in [0.2, 0.25) is 0 Å². The summed E-state index contributed by atoms with van der Waals surface area (Å²) >= 11 is 0. The van der Waals surface area contributed by atoms with Gasteiger partial charge in [-0.05, 0) is 53.1 Å². The summed E-state index contributed by atoms with van der Waals surface area (Å²) in [5, 5.41) is 0. The molecule has 26 heavy (non-hydrogen) atoms. The van der Waals surface area contributed by atoms with Crippen molar-refractivity contribution in [2.24, 2.45) is 0 Å². The van der Waals surface area contributed by atoms with E-state index in [1.807, 2.05) is 0 Å². The van der Waals surface area contributed by atoms with Gasteiger partial charge in [0.15, 0.2) is 9.84 Å². The second-order valence-electron chi connectivity index (χ2n) is 5.73. The second-order valence-corrected chi connectivity index (χ2v) is 7.76. The lowest BCUT2D eigenvalue weighted by Crippen LogP contribution is -2.05. The van der Waals surface area contributed by atoms with E-state index in [0.29, 0.717) is 16.7 Å². The maximum Gasteiger partial charge on any atom is 0.181 e. The predicted molar refractivity (Wildman–Crippen MR) is 98.4 cm³/mol. The van der Waals surface area contributed by atoms with E-state index in [1.165, 1.54) is 24.3 Å². The number of halogens is 2. The van der Waals surface area contributed by atoms with Crippen LogP contribution in [0, 0.1) is 11.6 Å². The Morgan fingerprint density at radius 3 is 1.65 bits per heavy atom. The molecule has 0 saturated carbocycles. The molecule has 3 aromatic carbocycles. The Morgan fingerprint density at radius 2 is 1.19 bits per heavy atom. The molecule has 0 heterocycles. The average Bonchev–Trinajstić information content (AvgIpc) is 2.65. The zero-order valence-electron chi connectivity index (χ0n) is 13.8. The Hall–Kier alpha value is -2.79. The molecule has 0 aromatic heterocycles. The van der Waals surface area contributed by atoms with Crippen molar-refractivity contribution < 1.29 is 17.2 Å². The summed E-state index contributed by atoms with van der Waals surface area (Å²) in [5.41, 5.74) is 1.91. The molecule has 2 nitrogen and oxygen atoms in total.